The van der Waals surface area contributed by atoms with E-state index in [9.17, 15) is 0 Å². The van der Waals surface area contributed by atoms with Crippen LogP contribution in [0, 0.1) is 0 Å². The molecule has 0 amide bonds. The van der Waals surface area contributed by atoms with Gasteiger partial charge in [-0.15, -0.1) is 0 Å². The zero-order valence-corrected chi connectivity index (χ0v) is 7.64. The topological polar surface area (TPSA) is 12.4 Å². The number of allylic oxidation sites excluding steroid dienone is 3. The smallest absolute Gasteiger partial charge is 0.0433 e. The van der Waals surface area contributed by atoms with Crippen molar-refractivity contribution in [2.75, 3.05) is 6.54 Å². The van der Waals surface area contributed by atoms with Gasteiger partial charge in [-0.2, -0.15) is 0 Å². The fraction of sp³-hybridized carbons (Fsp3) is 0.545. The Labute approximate surface area is 73.9 Å². The molecule has 0 radical (unpaired) electrons. The van der Waals surface area contributed by atoms with Gasteiger partial charge in [0.1, 0.15) is 0 Å². The molecule has 0 spiro atoms. The molecule has 12 heavy (non-hydrogen) atoms. The van der Waals surface area contributed by atoms with Gasteiger partial charge in [-0.25, -0.2) is 0 Å². The third-order valence-electron chi connectivity index (χ3n) is 2.67. The third-order valence-corrected chi connectivity index (χ3v) is 2.67. The van der Waals surface area contributed by atoms with Gasteiger partial charge >= 0.3 is 0 Å². The summed E-state index contributed by atoms with van der Waals surface area (Å²) in [5.74, 6) is 0. The highest BCUT2D eigenvalue weighted by Gasteiger charge is 2.13. The zero-order valence-electron chi connectivity index (χ0n) is 7.64. The van der Waals surface area contributed by atoms with Crippen molar-refractivity contribution in [2.24, 2.45) is 4.99 Å². The van der Waals surface area contributed by atoms with E-state index in [0.717, 1.165) is 6.54 Å². The van der Waals surface area contributed by atoms with Gasteiger partial charge in [-0.1, -0.05) is 12.2 Å². The molecule has 0 aromatic heterocycles. The van der Waals surface area contributed by atoms with Crippen molar-refractivity contribution in [3.63, 3.8) is 0 Å². The van der Waals surface area contributed by atoms with E-state index in [0.29, 0.717) is 0 Å². The summed E-state index contributed by atoms with van der Waals surface area (Å²) in [5, 5.41) is 0. The van der Waals surface area contributed by atoms with Gasteiger partial charge in [0, 0.05) is 12.3 Å². The lowest BCUT2D eigenvalue weighted by Gasteiger charge is -2.10. The molecule has 1 heterocycles. The summed E-state index contributed by atoms with van der Waals surface area (Å²) >= 11 is 0. The summed E-state index contributed by atoms with van der Waals surface area (Å²) < 4.78 is 0. The van der Waals surface area contributed by atoms with Gasteiger partial charge in [0.05, 0.1) is 0 Å². The van der Waals surface area contributed by atoms with Crippen LogP contribution in [-0.2, 0) is 0 Å². The number of nitrogens with zero attached hydrogens (tertiary/aromatic N) is 1. The molecule has 0 fully saturated rings. The Balaban J connectivity index is 2.29. The lowest BCUT2D eigenvalue weighted by atomic mass is 9.94. The van der Waals surface area contributed by atoms with E-state index < -0.39 is 0 Å². The molecule has 0 saturated heterocycles. The maximum absolute atomic E-state index is 4.42. The van der Waals surface area contributed by atoms with Crippen molar-refractivity contribution in [1.29, 1.82) is 0 Å². The third kappa shape index (κ3) is 1.36. The highest BCUT2D eigenvalue weighted by Crippen LogP contribution is 2.25. The van der Waals surface area contributed by atoms with Crippen LogP contribution in [0.4, 0.5) is 0 Å². The standard InChI is InChI=1S/C11H15N/c1-9-11(7-8-12-9)10-5-3-2-4-6-10/h3,5H,2,4,6-8H2,1H3/b11-10+. The highest BCUT2D eigenvalue weighted by atomic mass is 14.8. The minimum Gasteiger partial charge on any atom is -0.289 e. The summed E-state index contributed by atoms with van der Waals surface area (Å²) in [7, 11) is 0. The molecule has 0 atom stereocenters. The maximum Gasteiger partial charge on any atom is 0.0433 e. The number of aliphatic imine (C=N–C) groups is 1. The van der Waals surface area contributed by atoms with Gasteiger partial charge < -0.3 is 0 Å². The summed E-state index contributed by atoms with van der Waals surface area (Å²) in [4.78, 5) is 4.42. The molecule has 1 heteroatoms. The quantitative estimate of drug-likeness (QED) is 0.518. The van der Waals surface area contributed by atoms with Crippen LogP contribution in [0.3, 0.4) is 0 Å². The molecule has 0 bridgehead atoms. The van der Waals surface area contributed by atoms with E-state index in [-0.39, 0.29) is 0 Å². The molecule has 2 aliphatic rings. The molecular formula is C11H15N. The zero-order chi connectivity index (χ0) is 8.39. The summed E-state index contributed by atoms with van der Waals surface area (Å²) in [5.41, 5.74) is 4.34. The molecule has 0 N–H and O–H groups in total. The Kier molecular flexibility index (Phi) is 2.11. The monoisotopic (exact) mass is 161 g/mol. The van der Waals surface area contributed by atoms with Crippen molar-refractivity contribution in [1.82, 2.24) is 0 Å². The molecule has 0 saturated carbocycles. The Morgan fingerprint density at radius 1 is 1.33 bits per heavy atom. The Bertz CT molecular complexity index is 269. The molecule has 2 rings (SSSR count). The van der Waals surface area contributed by atoms with E-state index in [4.69, 9.17) is 0 Å². The molecule has 1 aliphatic carbocycles. The van der Waals surface area contributed by atoms with Crippen LogP contribution < -0.4 is 0 Å². The van der Waals surface area contributed by atoms with Crippen LogP contribution in [0.25, 0.3) is 0 Å². The predicted molar refractivity (Wildman–Crippen MR) is 52.6 cm³/mol. The molecule has 0 aromatic rings. The van der Waals surface area contributed by atoms with Gasteiger partial charge in [-0.05, 0) is 43.8 Å². The molecule has 1 aliphatic heterocycles. The first-order valence-corrected chi connectivity index (χ1v) is 4.78. The maximum atomic E-state index is 4.42. The molecule has 0 aromatic carbocycles. The summed E-state index contributed by atoms with van der Waals surface area (Å²) in [6.45, 7) is 3.15. The Morgan fingerprint density at radius 2 is 2.25 bits per heavy atom. The van der Waals surface area contributed by atoms with Crippen molar-refractivity contribution >= 4 is 5.71 Å². The lowest BCUT2D eigenvalue weighted by molar-refractivity contribution is 0.812. The van der Waals surface area contributed by atoms with E-state index in [1.807, 2.05) is 0 Å². The average molecular weight is 161 g/mol. The first-order chi connectivity index (χ1) is 5.88. The molecule has 64 valence electrons. The normalized spacial score (nSPS) is 29.2. The minimum atomic E-state index is 1.01. The second-order valence-electron chi connectivity index (χ2n) is 3.52. The van der Waals surface area contributed by atoms with E-state index in [1.165, 1.54) is 37.0 Å². The van der Waals surface area contributed by atoms with Crippen LogP contribution in [-0.4, -0.2) is 12.3 Å². The van der Waals surface area contributed by atoms with E-state index in [1.54, 1.807) is 5.57 Å². The van der Waals surface area contributed by atoms with E-state index >= 15 is 0 Å². The number of hydrogen-bond acceptors (Lipinski definition) is 1. The van der Waals surface area contributed by atoms with Crippen LogP contribution >= 0.6 is 0 Å². The van der Waals surface area contributed by atoms with E-state index in [2.05, 4.69) is 24.1 Å². The highest BCUT2D eigenvalue weighted by molar-refractivity contribution is 6.00. The Hall–Kier alpha value is -0.850. The van der Waals surface area contributed by atoms with Gasteiger partial charge in [0.2, 0.25) is 0 Å². The van der Waals surface area contributed by atoms with Crippen LogP contribution in [0.2, 0.25) is 0 Å². The summed E-state index contributed by atoms with van der Waals surface area (Å²) in [6, 6.07) is 0. The Morgan fingerprint density at radius 3 is 2.83 bits per heavy atom. The van der Waals surface area contributed by atoms with Gasteiger partial charge in [-0.3, -0.25) is 4.99 Å². The largest absolute Gasteiger partial charge is 0.289 e. The van der Waals surface area contributed by atoms with Crippen molar-refractivity contribution in [2.45, 2.75) is 32.6 Å². The molecule has 1 nitrogen and oxygen atoms in total. The number of hydrogen-bond donors (Lipinski definition) is 0. The molecule has 0 unspecified atom stereocenters. The van der Waals surface area contributed by atoms with Crippen LogP contribution in [0.5, 0.6) is 0 Å². The van der Waals surface area contributed by atoms with Crippen molar-refractivity contribution in [3.05, 3.63) is 23.3 Å². The second-order valence-corrected chi connectivity index (χ2v) is 3.52. The van der Waals surface area contributed by atoms with Gasteiger partial charge in [0.15, 0.2) is 0 Å². The predicted octanol–water partition coefficient (Wildman–Crippen LogP) is 2.89. The SMILES string of the molecule is CC1=NCC/C1=C1/C=CCCC1. The first-order valence-electron chi connectivity index (χ1n) is 4.78. The average Bonchev–Trinajstić information content (AvgIpc) is 2.53. The summed E-state index contributed by atoms with van der Waals surface area (Å²) in [6.07, 6.45) is 9.60. The lowest BCUT2D eigenvalue weighted by Crippen LogP contribution is -1.98. The minimum absolute atomic E-state index is 1.01. The molecular weight excluding hydrogens is 146 g/mol. The van der Waals surface area contributed by atoms with Gasteiger partial charge in [0.25, 0.3) is 0 Å². The fourth-order valence-electron chi connectivity index (χ4n) is 1.98. The van der Waals surface area contributed by atoms with Crippen LogP contribution in [0.1, 0.15) is 32.6 Å². The fourth-order valence-corrected chi connectivity index (χ4v) is 1.98. The second kappa shape index (κ2) is 3.26. The van der Waals surface area contributed by atoms with Crippen molar-refractivity contribution < 1.29 is 0 Å². The van der Waals surface area contributed by atoms with Crippen LogP contribution in [0.15, 0.2) is 28.3 Å². The first kappa shape index (κ1) is 7.78. The number of rotatable bonds is 0. The van der Waals surface area contributed by atoms with Crippen molar-refractivity contribution in [3.8, 4) is 0 Å².